The molecule has 0 bridgehead atoms. The molecule has 0 aliphatic heterocycles. The van der Waals surface area contributed by atoms with Crippen molar-refractivity contribution in [2.75, 3.05) is 13.2 Å². The normalized spacial score (nSPS) is 12.7. The Balaban J connectivity index is 4.16. The summed E-state index contributed by atoms with van der Waals surface area (Å²) in [6.07, 6.45) is 70.3. The van der Waals surface area contributed by atoms with E-state index in [4.69, 9.17) is 14.2 Å². The fourth-order valence-electron chi connectivity index (χ4n) is 7.50. The maximum Gasteiger partial charge on any atom is 0.306 e. The zero-order valence-electron chi connectivity index (χ0n) is 43.2. The molecule has 378 valence electrons. The Morgan fingerprint density at radius 2 is 0.591 bits per heavy atom. The highest BCUT2D eigenvalue weighted by Crippen LogP contribution is 2.14. The third-order valence-electron chi connectivity index (χ3n) is 11.6. The van der Waals surface area contributed by atoms with Crippen molar-refractivity contribution in [3.8, 4) is 0 Å². The second-order valence-corrected chi connectivity index (χ2v) is 18.1. The topological polar surface area (TPSA) is 78.9 Å². The minimum absolute atomic E-state index is 0.0819. The lowest BCUT2D eigenvalue weighted by Gasteiger charge is -2.18. The van der Waals surface area contributed by atoms with Crippen LogP contribution in [0.25, 0.3) is 0 Å². The summed E-state index contributed by atoms with van der Waals surface area (Å²) < 4.78 is 16.7. The predicted molar refractivity (Wildman–Crippen MR) is 284 cm³/mol. The summed E-state index contributed by atoms with van der Waals surface area (Å²) in [6.45, 7) is 6.45. The molecular weight excluding hydrogens is 817 g/mol. The minimum Gasteiger partial charge on any atom is -0.462 e. The van der Waals surface area contributed by atoms with Crippen molar-refractivity contribution >= 4 is 17.9 Å². The lowest BCUT2D eigenvalue weighted by Crippen LogP contribution is -2.30. The quantitative estimate of drug-likeness (QED) is 0.0262. The van der Waals surface area contributed by atoms with Crippen LogP contribution in [0.4, 0.5) is 0 Å². The van der Waals surface area contributed by atoms with Crippen LogP contribution in [-0.2, 0) is 28.6 Å². The third-order valence-corrected chi connectivity index (χ3v) is 11.6. The molecule has 0 rings (SSSR count). The van der Waals surface area contributed by atoms with Gasteiger partial charge in [-0.25, -0.2) is 0 Å². The second kappa shape index (κ2) is 54.2. The highest BCUT2D eigenvalue weighted by molar-refractivity contribution is 5.71. The van der Waals surface area contributed by atoms with Crippen molar-refractivity contribution < 1.29 is 28.6 Å². The third kappa shape index (κ3) is 51.6. The molecular formula is C60H102O6. The van der Waals surface area contributed by atoms with E-state index in [9.17, 15) is 14.4 Å². The van der Waals surface area contributed by atoms with Gasteiger partial charge >= 0.3 is 17.9 Å². The van der Waals surface area contributed by atoms with Crippen LogP contribution < -0.4 is 0 Å². The summed E-state index contributed by atoms with van der Waals surface area (Å²) in [7, 11) is 0. The highest BCUT2D eigenvalue weighted by Gasteiger charge is 2.19. The smallest absolute Gasteiger partial charge is 0.306 e. The number of rotatable bonds is 49. The Morgan fingerprint density at radius 3 is 0.939 bits per heavy atom. The van der Waals surface area contributed by atoms with Gasteiger partial charge in [0.25, 0.3) is 0 Å². The predicted octanol–water partition coefficient (Wildman–Crippen LogP) is 18.4. The Kier molecular flexibility index (Phi) is 51.4. The van der Waals surface area contributed by atoms with Crippen molar-refractivity contribution in [1.82, 2.24) is 0 Å². The largest absolute Gasteiger partial charge is 0.462 e. The van der Waals surface area contributed by atoms with E-state index < -0.39 is 6.10 Å². The van der Waals surface area contributed by atoms with Gasteiger partial charge in [0.05, 0.1) is 0 Å². The fraction of sp³-hybridized carbons (Fsp3) is 0.717. The van der Waals surface area contributed by atoms with Gasteiger partial charge in [0, 0.05) is 19.3 Å². The van der Waals surface area contributed by atoms with E-state index >= 15 is 0 Å². The molecule has 0 fully saturated rings. The molecule has 6 nitrogen and oxygen atoms in total. The molecule has 0 saturated carbocycles. The van der Waals surface area contributed by atoms with Crippen LogP contribution in [-0.4, -0.2) is 37.2 Å². The van der Waals surface area contributed by atoms with Crippen LogP contribution in [0.2, 0.25) is 0 Å². The van der Waals surface area contributed by atoms with E-state index in [1.807, 2.05) is 0 Å². The van der Waals surface area contributed by atoms with Gasteiger partial charge in [0.2, 0.25) is 0 Å². The number of carbonyl (C=O) groups is 3. The molecule has 1 unspecified atom stereocenters. The van der Waals surface area contributed by atoms with Gasteiger partial charge in [-0.1, -0.05) is 228 Å². The zero-order chi connectivity index (χ0) is 47.9. The van der Waals surface area contributed by atoms with Crippen molar-refractivity contribution in [3.05, 3.63) is 85.1 Å². The molecule has 0 aromatic rings. The van der Waals surface area contributed by atoms with E-state index in [0.29, 0.717) is 19.3 Å². The summed E-state index contributed by atoms with van der Waals surface area (Å²) >= 11 is 0. The summed E-state index contributed by atoms with van der Waals surface area (Å²) in [5.41, 5.74) is 0. The maximum absolute atomic E-state index is 12.8. The summed E-state index contributed by atoms with van der Waals surface area (Å²) in [5, 5.41) is 0. The summed E-state index contributed by atoms with van der Waals surface area (Å²) in [4.78, 5) is 37.8. The van der Waals surface area contributed by atoms with Gasteiger partial charge in [0.1, 0.15) is 13.2 Å². The van der Waals surface area contributed by atoms with Crippen LogP contribution in [0.3, 0.4) is 0 Å². The molecule has 0 aromatic heterocycles. The standard InChI is InChI=1S/C60H102O6/c1-4-7-10-13-16-18-20-22-24-25-26-27-28-29-30-31-32-33-34-35-37-38-40-42-44-47-50-53-59(62)65-56-57(55-64-58(61)52-49-46-15-12-9-6-3)66-60(63)54-51-48-45-43-41-39-36-23-21-19-17-14-11-8-5-2/h7,10,16,18,22-24,26-27,29-30,32-33,36,57H,4-6,8-9,11-15,17,19-21,25,28,31,34-35,37-56H2,1-3H3/b10-7-,18-16-,24-22-,27-26-,30-29-,33-32-,36-23-. The average molecular weight is 919 g/mol. The lowest BCUT2D eigenvalue weighted by molar-refractivity contribution is -0.167. The molecule has 0 spiro atoms. The molecule has 0 N–H and O–H groups in total. The van der Waals surface area contributed by atoms with Crippen LogP contribution >= 0.6 is 0 Å². The molecule has 0 saturated heterocycles. The van der Waals surface area contributed by atoms with E-state index in [1.165, 1.54) is 103 Å². The molecule has 0 aromatic carbocycles. The fourth-order valence-corrected chi connectivity index (χ4v) is 7.50. The number of hydrogen-bond donors (Lipinski definition) is 0. The minimum atomic E-state index is -0.780. The first kappa shape index (κ1) is 62.6. The van der Waals surface area contributed by atoms with Crippen molar-refractivity contribution in [1.29, 1.82) is 0 Å². The van der Waals surface area contributed by atoms with Gasteiger partial charge in [-0.15, -0.1) is 0 Å². The van der Waals surface area contributed by atoms with Gasteiger partial charge < -0.3 is 14.2 Å². The number of unbranched alkanes of at least 4 members (excludes halogenated alkanes) is 24. The molecule has 0 aliphatic carbocycles. The van der Waals surface area contributed by atoms with Crippen LogP contribution in [0.1, 0.15) is 258 Å². The van der Waals surface area contributed by atoms with E-state index in [2.05, 4.69) is 106 Å². The Morgan fingerprint density at radius 1 is 0.318 bits per heavy atom. The molecule has 1 atom stereocenters. The monoisotopic (exact) mass is 919 g/mol. The van der Waals surface area contributed by atoms with Crippen molar-refractivity contribution in [2.24, 2.45) is 0 Å². The van der Waals surface area contributed by atoms with E-state index in [1.54, 1.807) is 0 Å². The number of carbonyl (C=O) groups excluding carboxylic acids is 3. The second-order valence-electron chi connectivity index (χ2n) is 18.1. The molecule has 0 aliphatic rings. The average Bonchev–Trinajstić information content (AvgIpc) is 3.31. The molecule has 66 heavy (non-hydrogen) atoms. The maximum atomic E-state index is 12.8. The van der Waals surface area contributed by atoms with Gasteiger partial charge in [-0.2, -0.15) is 0 Å². The zero-order valence-corrected chi connectivity index (χ0v) is 43.2. The number of ether oxygens (including phenoxy) is 3. The van der Waals surface area contributed by atoms with Gasteiger partial charge in [-0.05, 0) is 96.3 Å². The first-order chi connectivity index (χ1) is 32.5. The highest BCUT2D eigenvalue weighted by atomic mass is 16.6. The van der Waals surface area contributed by atoms with Gasteiger partial charge in [0.15, 0.2) is 6.10 Å². The lowest BCUT2D eigenvalue weighted by atomic mass is 10.1. The number of allylic oxidation sites excluding steroid dienone is 14. The Labute approximate surface area is 407 Å². The van der Waals surface area contributed by atoms with Crippen molar-refractivity contribution in [2.45, 2.75) is 264 Å². The van der Waals surface area contributed by atoms with Crippen LogP contribution in [0, 0.1) is 0 Å². The molecule has 0 amide bonds. The SMILES string of the molecule is CC/C=C\C/C=C\C/C=C\C/C=C\C/C=C\C/C=C\CCCCCCCCCCC(=O)OCC(COC(=O)CCCCCCCC)OC(=O)CCCCCCC/C=C\CCCCCCCC. The summed E-state index contributed by atoms with van der Waals surface area (Å²) in [5.74, 6) is -0.907. The Bertz CT molecular complexity index is 1290. The molecule has 6 heteroatoms. The van der Waals surface area contributed by atoms with Crippen molar-refractivity contribution in [3.63, 3.8) is 0 Å². The van der Waals surface area contributed by atoms with E-state index in [-0.39, 0.29) is 31.1 Å². The molecule has 0 heterocycles. The van der Waals surface area contributed by atoms with Crippen LogP contribution in [0.15, 0.2) is 85.1 Å². The molecule has 0 radical (unpaired) electrons. The van der Waals surface area contributed by atoms with Crippen LogP contribution in [0.5, 0.6) is 0 Å². The summed E-state index contributed by atoms with van der Waals surface area (Å²) in [6, 6.07) is 0. The number of hydrogen-bond acceptors (Lipinski definition) is 6. The number of esters is 3. The first-order valence-electron chi connectivity index (χ1n) is 27.6. The first-order valence-corrected chi connectivity index (χ1v) is 27.6. The van der Waals surface area contributed by atoms with E-state index in [0.717, 1.165) is 116 Å². The Hall–Kier alpha value is -3.41. The van der Waals surface area contributed by atoms with Gasteiger partial charge in [-0.3, -0.25) is 14.4 Å².